The molecule has 5 rings (SSSR count). The summed E-state index contributed by atoms with van der Waals surface area (Å²) in [5, 5.41) is 0. The second kappa shape index (κ2) is 10.4. The van der Waals surface area contributed by atoms with Crippen LogP contribution in [-0.4, -0.2) is 62.4 Å². The molecule has 1 saturated heterocycles. The van der Waals surface area contributed by atoms with Gasteiger partial charge in [-0.1, -0.05) is 29.8 Å². The maximum absolute atomic E-state index is 13.0. The normalized spacial score (nSPS) is 17.7. The largest absolute Gasteiger partial charge is 0.497 e. The number of pyridine rings is 1. The van der Waals surface area contributed by atoms with Gasteiger partial charge in [0.1, 0.15) is 18.1 Å². The number of methoxy groups -OCH3 is 1. The lowest BCUT2D eigenvalue weighted by molar-refractivity contribution is 0.191. The molecule has 0 spiro atoms. The van der Waals surface area contributed by atoms with Crippen LogP contribution < -0.4 is 9.47 Å². The maximum Gasteiger partial charge on any atom is 0.243 e. The number of nitrogens with zero attached hydrogens (tertiary/aromatic N) is 3. The van der Waals surface area contributed by atoms with Crippen molar-refractivity contribution in [3.8, 4) is 11.5 Å². The van der Waals surface area contributed by atoms with Crippen molar-refractivity contribution >= 4 is 15.6 Å². The molecule has 0 radical (unpaired) electrons. The van der Waals surface area contributed by atoms with Crippen LogP contribution in [0.4, 0.5) is 0 Å². The highest BCUT2D eigenvalue weighted by molar-refractivity contribution is 7.89. The van der Waals surface area contributed by atoms with Gasteiger partial charge in [0.25, 0.3) is 0 Å². The topological polar surface area (TPSA) is 72.0 Å². The summed E-state index contributed by atoms with van der Waals surface area (Å²) < 4.78 is 39.2. The molecular weight excluding hydrogens is 474 g/mol. The third kappa shape index (κ3) is 5.02. The predicted octanol–water partition coefficient (Wildman–Crippen LogP) is 4.12. The Morgan fingerprint density at radius 1 is 1.03 bits per heavy atom. The zero-order valence-corrected chi connectivity index (χ0v) is 21.5. The lowest BCUT2D eigenvalue weighted by Crippen LogP contribution is -2.48. The number of aromatic nitrogens is 1. The number of benzene rings is 2. The van der Waals surface area contributed by atoms with E-state index >= 15 is 0 Å². The predicted molar refractivity (Wildman–Crippen MR) is 140 cm³/mol. The van der Waals surface area contributed by atoms with E-state index in [9.17, 15) is 8.42 Å². The van der Waals surface area contributed by atoms with Gasteiger partial charge in [0.2, 0.25) is 10.0 Å². The summed E-state index contributed by atoms with van der Waals surface area (Å²) in [4.78, 5) is 7.23. The lowest BCUT2D eigenvalue weighted by atomic mass is 9.95. The minimum absolute atomic E-state index is 0.364. The van der Waals surface area contributed by atoms with Gasteiger partial charge in [-0.05, 0) is 55.3 Å². The molecule has 3 aromatic rings. The van der Waals surface area contributed by atoms with E-state index in [4.69, 9.17) is 9.47 Å². The maximum atomic E-state index is 13.0. The van der Waals surface area contributed by atoms with Crippen LogP contribution in [0.15, 0.2) is 71.8 Å². The van der Waals surface area contributed by atoms with Gasteiger partial charge >= 0.3 is 0 Å². The molecule has 3 heterocycles. The number of ether oxygens (including phenoxy) is 2. The van der Waals surface area contributed by atoms with Gasteiger partial charge in [0.05, 0.1) is 17.7 Å². The molecule has 0 unspecified atom stereocenters. The van der Waals surface area contributed by atoms with Crippen molar-refractivity contribution in [2.45, 2.75) is 24.8 Å². The van der Waals surface area contributed by atoms with Gasteiger partial charge in [-0.2, -0.15) is 4.31 Å². The number of aryl methyl sites for hydroxylation is 1. The summed E-state index contributed by atoms with van der Waals surface area (Å²) >= 11 is 0. The molecule has 188 valence electrons. The van der Waals surface area contributed by atoms with Crippen molar-refractivity contribution in [2.24, 2.45) is 0 Å². The molecular formula is C28H31N3O4S. The van der Waals surface area contributed by atoms with E-state index in [0.29, 0.717) is 37.7 Å². The van der Waals surface area contributed by atoms with Crippen LogP contribution in [0.3, 0.4) is 0 Å². The van der Waals surface area contributed by atoms with Crippen molar-refractivity contribution in [3.63, 3.8) is 0 Å². The summed E-state index contributed by atoms with van der Waals surface area (Å²) in [6, 6.07) is 17.0. The lowest BCUT2D eigenvalue weighted by Gasteiger charge is -2.33. The van der Waals surface area contributed by atoms with Gasteiger partial charge < -0.3 is 14.4 Å². The van der Waals surface area contributed by atoms with Crippen molar-refractivity contribution in [3.05, 3.63) is 89.3 Å². The van der Waals surface area contributed by atoms with Crippen molar-refractivity contribution < 1.29 is 17.9 Å². The molecule has 0 bridgehead atoms. The van der Waals surface area contributed by atoms with Crippen molar-refractivity contribution in [2.75, 3.05) is 39.8 Å². The summed E-state index contributed by atoms with van der Waals surface area (Å²) in [6.45, 7) is 5.62. The minimum atomic E-state index is -3.46. The molecule has 36 heavy (non-hydrogen) atoms. The molecule has 0 saturated carbocycles. The highest BCUT2D eigenvalue weighted by atomic mass is 32.2. The zero-order chi connectivity index (χ0) is 25.1. The molecule has 0 amide bonds. The van der Waals surface area contributed by atoms with E-state index in [1.165, 1.54) is 0 Å². The Bertz CT molecular complexity index is 1360. The summed E-state index contributed by atoms with van der Waals surface area (Å²) in [6.07, 6.45) is 4.86. The quantitative estimate of drug-likeness (QED) is 0.502. The molecule has 7 nitrogen and oxygen atoms in total. The number of hydrogen-bond donors (Lipinski definition) is 0. The van der Waals surface area contributed by atoms with Gasteiger partial charge in [0, 0.05) is 50.0 Å². The Kier molecular flexibility index (Phi) is 7.09. The Labute approximate surface area is 213 Å². The molecule has 2 aliphatic rings. The average molecular weight is 506 g/mol. The number of fused-ring (bicyclic) bond motifs is 2. The van der Waals surface area contributed by atoms with E-state index in [1.807, 2.05) is 43.3 Å². The summed E-state index contributed by atoms with van der Waals surface area (Å²) in [5.74, 6) is 1.59. The number of piperazine rings is 1. The first-order valence-corrected chi connectivity index (χ1v) is 13.6. The van der Waals surface area contributed by atoms with Gasteiger partial charge in [0.15, 0.2) is 0 Å². The second-order valence-electron chi connectivity index (χ2n) is 9.11. The van der Waals surface area contributed by atoms with Crippen LogP contribution >= 0.6 is 0 Å². The first-order chi connectivity index (χ1) is 17.5. The third-order valence-electron chi connectivity index (χ3n) is 6.81. The van der Waals surface area contributed by atoms with Gasteiger partial charge in [-0.25, -0.2) is 8.42 Å². The number of hydrogen-bond acceptors (Lipinski definition) is 6. The van der Waals surface area contributed by atoms with E-state index < -0.39 is 10.0 Å². The van der Waals surface area contributed by atoms with Crippen molar-refractivity contribution in [1.29, 1.82) is 0 Å². The van der Waals surface area contributed by atoms with E-state index in [1.54, 1.807) is 29.7 Å². The standard InChI is InChI=1S/C28H31N3O4S/c1-21-7-10-23(11-8-21)36(32,33)31-17-15-30(16-18-31)14-4-6-24-25-5-3-13-29-27(25)20-35-28-12-9-22(34-2)19-26(24)28/h3,5-13,19H,4,14-18,20H2,1-2H3/b24-6+. The van der Waals surface area contributed by atoms with Crippen LogP contribution in [0.1, 0.15) is 28.8 Å². The second-order valence-corrected chi connectivity index (χ2v) is 11.1. The SMILES string of the molecule is COc1ccc2c(c1)/C(=C/CCN1CCN(S(=O)(=O)c3ccc(C)cc3)CC1)c1cccnc1CO2. The third-order valence-corrected chi connectivity index (χ3v) is 8.72. The molecule has 1 fully saturated rings. The highest BCUT2D eigenvalue weighted by Crippen LogP contribution is 2.38. The smallest absolute Gasteiger partial charge is 0.243 e. The average Bonchev–Trinajstić information content (AvgIpc) is 3.06. The summed E-state index contributed by atoms with van der Waals surface area (Å²) in [5.41, 5.74) is 5.11. The van der Waals surface area contributed by atoms with Crippen LogP contribution in [0.5, 0.6) is 11.5 Å². The molecule has 0 aliphatic carbocycles. The molecule has 2 aromatic carbocycles. The molecule has 0 N–H and O–H groups in total. The molecule has 0 atom stereocenters. The fourth-order valence-corrected chi connectivity index (χ4v) is 6.15. The van der Waals surface area contributed by atoms with Crippen LogP contribution in [0.25, 0.3) is 5.57 Å². The van der Waals surface area contributed by atoms with E-state index in [0.717, 1.165) is 52.4 Å². The van der Waals surface area contributed by atoms with Crippen molar-refractivity contribution in [1.82, 2.24) is 14.2 Å². The zero-order valence-electron chi connectivity index (χ0n) is 20.7. The van der Waals surface area contributed by atoms with Crippen LogP contribution in [-0.2, 0) is 16.6 Å². The van der Waals surface area contributed by atoms with Crippen LogP contribution in [0.2, 0.25) is 0 Å². The summed E-state index contributed by atoms with van der Waals surface area (Å²) in [7, 11) is -1.79. The first-order valence-electron chi connectivity index (χ1n) is 12.2. The van der Waals surface area contributed by atoms with Gasteiger partial charge in [-0.3, -0.25) is 4.98 Å². The number of sulfonamides is 1. The van der Waals surface area contributed by atoms with E-state index in [-0.39, 0.29) is 0 Å². The minimum Gasteiger partial charge on any atom is -0.497 e. The molecule has 1 aromatic heterocycles. The molecule has 8 heteroatoms. The monoisotopic (exact) mass is 505 g/mol. The number of rotatable bonds is 6. The van der Waals surface area contributed by atoms with E-state index in [2.05, 4.69) is 22.0 Å². The Morgan fingerprint density at radius 3 is 2.56 bits per heavy atom. The highest BCUT2D eigenvalue weighted by Gasteiger charge is 2.28. The Hall–Kier alpha value is -3.20. The fourth-order valence-electron chi connectivity index (χ4n) is 4.73. The Balaban J connectivity index is 1.29. The Morgan fingerprint density at radius 2 is 1.81 bits per heavy atom. The first kappa shape index (κ1) is 24.5. The van der Waals surface area contributed by atoms with Gasteiger partial charge in [-0.15, -0.1) is 0 Å². The molecule has 2 aliphatic heterocycles. The fraction of sp³-hybridized carbons (Fsp3) is 0.321. The van der Waals surface area contributed by atoms with Crippen LogP contribution in [0, 0.1) is 6.92 Å².